The van der Waals surface area contributed by atoms with Gasteiger partial charge in [-0.25, -0.2) is 0 Å². The number of rotatable bonds is 5. The van der Waals surface area contributed by atoms with E-state index in [0.29, 0.717) is 6.04 Å². The summed E-state index contributed by atoms with van der Waals surface area (Å²) in [6, 6.07) is 8.79. The maximum atomic E-state index is 6.12. The SMILES string of the molecule is CCCC1CCC(C(NC)c2cccc(Cl)c2)CC1. The molecule has 106 valence electrons. The zero-order valence-electron chi connectivity index (χ0n) is 12.2. The Kier molecular flexibility index (Phi) is 5.72. The molecule has 0 radical (unpaired) electrons. The Hall–Kier alpha value is -0.530. The molecule has 1 unspecified atom stereocenters. The lowest BCUT2D eigenvalue weighted by Gasteiger charge is -2.34. The Balaban J connectivity index is 1.99. The normalized spacial score (nSPS) is 25.2. The van der Waals surface area contributed by atoms with E-state index in [-0.39, 0.29) is 0 Å². The van der Waals surface area contributed by atoms with E-state index < -0.39 is 0 Å². The van der Waals surface area contributed by atoms with Gasteiger partial charge in [0, 0.05) is 11.1 Å². The van der Waals surface area contributed by atoms with Gasteiger partial charge in [0.05, 0.1) is 0 Å². The summed E-state index contributed by atoms with van der Waals surface area (Å²) >= 11 is 6.12. The molecule has 19 heavy (non-hydrogen) atoms. The zero-order chi connectivity index (χ0) is 13.7. The molecule has 0 bridgehead atoms. The van der Waals surface area contributed by atoms with Gasteiger partial charge in [0.15, 0.2) is 0 Å². The minimum Gasteiger partial charge on any atom is -0.313 e. The van der Waals surface area contributed by atoms with E-state index in [2.05, 4.69) is 37.5 Å². The molecule has 0 aliphatic heterocycles. The van der Waals surface area contributed by atoms with Gasteiger partial charge in [-0.15, -0.1) is 0 Å². The molecule has 1 aliphatic rings. The summed E-state index contributed by atoms with van der Waals surface area (Å²) in [5.41, 5.74) is 1.34. The minimum atomic E-state index is 0.460. The van der Waals surface area contributed by atoms with Crippen LogP contribution in [0.15, 0.2) is 24.3 Å². The largest absolute Gasteiger partial charge is 0.313 e. The molecule has 1 nitrogen and oxygen atoms in total. The maximum absolute atomic E-state index is 6.12. The van der Waals surface area contributed by atoms with Crippen LogP contribution in [0.3, 0.4) is 0 Å². The molecule has 1 N–H and O–H groups in total. The van der Waals surface area contributed by atoms with Crippen LogP contribution in [0.2, 0.25) is 5.02 Å². The number of hydrogen-bond acceptors (Lipinski definition) is 1. The Morgan fingerprint density at radius 3 is 2.58 bits per heavy atom. The summed E-state index contributed by atoms with van der Waals surface area (Å²) in [4.78, 5) is 0. The molecule has 1 aromatic rings. The standard InChI is InChI=1S/C17H26ClN/c1-3-5-13-8-10-14(11-9-13)17(19-2)15-6-4-7-16(18)12-15/h4,6-7,12-14,17,19H,3,5,8-11H2,1-2H3. The first-order chi connectivity index (χ1) is 9.24. The van der Waals surface area contributed by atoms with Crippen LogP contribution in [0.1, 0.15) is 57.1 Å². The highest BCUT2D eigenvalue weighted by Crippen LogP contribution is 2.38. The van der Waals surface area contributed by atoms with E-state index in [0.717, 1.165) is 16.9 Å². The van der Waals surface area contributed by atoms with E-state index in [1.54, 1.807) is 0 Å². The molecule has 0 spiro atoms. The summed E-state index contributed by atoms with van der Waals surface area (Å²) < 4.78 is 0. The van der Waals surface area contributed by atoms with Crippen LogP contribution in [0.25, 0.3) is 0 Å². The van der Waals surface area contributed by atoms with Gasteiger partial charge in [-0.2, -0.15) is 0 Å². The lowest BCUT2D eigenvalue weighted by Crippen LogP contribution is -2.28. The first-order valence-corrected chi connectivity index (χ1v) is 8.05. The third-order valence-corrected chi connectivity index (χ3v) is 4.81. The van der Waals surface area contributed by atoms with Crippen molar-refractivity contribution < 1.29 is 0 Å². The quantitative estimate of drug-likeness (QED) is 0.780. The van der Waals surface area contributed by atoms with Crippen molar-refractivity contribution in [3.8, 4) is 0 Å². The van der Waals surface area contributed by atoms with E-state index >= 15 is 0 Å². The Labute approximate surface area is 122 Å². The molecule has 0 aromatic heterocycles. The van der Waals surface area contributed by atoms with Crippen LogP contribution in [0, 0.1) is 11.8 Å². The van der Waals surface area contributed by atoms with Crippen molar-refractivity contribution in [2.45, 2.75) is 51.5 Å². The van der Waals surface area contributed by atoms with Gasteiger partial charge in [-0.05, 0) is 49.4 Å². The lowest BCUT2D eigenvalue weighted by atomic mass is 9.75. The highest BCUT2D eigenvalue weighted by molar-refractivity contribution is 6.30. The van der Waals surface area contributed by atoms with Crippen LogP contribution in [0.5, 0.6) is 0 Å². The molecule has 1 aromatic carbocycles. The van der Waals surface area contributed by atoms with Gasteiger partial charge < -0.3 is 5.32 Å². The Bertz CT molecular complexity index is 383. The molecule has 2 rings (SSSR count). The van der Waals surface area contributed by atoms with Crippen LogP contribution < -0.4 is 5.32 Å². The van der Waals surface area contributed by atoms with Crippen LogP contribution in [-0.2, 0) is 0 Å². The number of benzene rings is 1. The number of hydrogen-bond donors (Lipinski definition) is 1. The summed E-state index contributed by atoms with van der Waals surface area (Å²) in [5, 5.41) is 4.35. The Morgan fingerprint density at radius 2 is 2.00 bits per heavy atom. The summed E-state index contributed by atoms with van der Waals surface area (Å²) in [5.74, 6) is 1.73. The highest BCUT2D eigenvalue weighted by Gasteiger charge is 2.27. The van der Waals surface area contributed by atoms with Crippen LogP contribution in [0.4, 0.5) is 0 Å². The van der Waals surface area contributed by atoms with E-state index in [1.807, 2.05) is 6.07 Å². The molecule has 1 saturated carbocycles. The Morgan fingerprint density at radius 1 is 1.26 bits per heavy atom. The van der Waals surface area contributed by atoms with Crippen LogP contribution >= 0.6 is 11.6 Å². The number of nitrogens with one attached hydrogen (secondary N) is 1. The van der Waals surface area contributed by atoms with Gasteiger partial charge in [-0.3, -0.25) is 0 Å². The summed E-state index contributed by atoms with van der Waals surface area (Å²) in [6.07, 6.45) is 8.24. The van der Waals surface area contributed by atoms with Gasteiger partial charge in [0.25, 0.3) is 0 Å². The van der Waals surface area contributed by atoms with Crippen molar-refractivity contribution in [3.05, 3.63) is 34.9 Å². The van der Waals surface area contributed by atoms with Crippen molar-refractivity contribution in [2.24, 2.45) is 11.8 Å². The van der Waals surface area contributed by atoms with Gasteiger partial charge in [-0.1, -0.05) is 56.3 Å². The molecule has 1 atom stereocenters. The molecule has 1 aliphatic carbocycles. The lowest BCUT2D eigenvalue weighted by molar-refractivity contribution is 0.219. The van der Waals surface area contributed by atoms with Gasteiger partial charge >= 0.3 is 0 Å². The van der Waals surface area contributed by atoms with Crippen molar-refractivity contribution in [2.75, 3.05) is 7.05 Å². The molecule has 0 heterocycles. The molecular weight excluding hydrogens is 254 g/mol. The maximum Gasteiger partial charge on any atom is 0.0409 e. The molecule has 1 fully saturated rings. The zero-order valence-corrected chi connectivity index (χ0v) is 12.9. The third kappa shape index (κ3) is 3.97. The average molecular weight is 280 g/mol. The van der Waals surface area contributed by atoms with Crippen molar-refractivity contribution in [3.63, 3.8) is 0 Å². The molecule has 0 saturated heterocycles. The van der Waals surface area contributed by atoms with Gasteiger partial charge in [0.2, 0.25) is 0 Å². The fourth-order valence-corrected chi connectivity index (χ4v) is 3.79. The first kappa shape index (κ1) is 14.9. The summed E-state index contributed by atoms with van der Waals surface area (Å²) in [7, 11) is 2.07. The molecule has 0 amide bonds. The fourth-order valence-electron chi connectivity index (χ4n) is 3.59. The number of halogens is 1. The van der Waals surface area contributed by atoms with Crippen molar-refractivity contribution in [1.29, 1.82) is 0 Å². The minimum absolute atomic E-state index is 0.460. The second-order valence-corrected chi connectivity index (χ2v) is 6.33. The first-order valence-electron chi connectivity index (χ1n) is 7.67. The smallest absolute Gasteiger partial charge is 0.0409 e. The van der Waals surface area contributed by atoms with E-state index in [1.165, 1.54) is 44.1 Å². The topological polar surface area (TPSA) is 12.0 Å². The summed E-state index contributed by atoms with van der Waals surface area (Å²) in [6.45, 7) is 2.30. The third-order valence-electron chi connectivity index (χ3n) is 4.58. The monoisotopic (exact) mass is 279 g/mol. The van der Waals surface area contributed by atoms with Crippen molar-refractivity contribution in [1.82, 2.24) is 5.32 Å². The van der Waals surface area contributed by atoms with Gasteiger partial charge in [0.1, 0.15) is 0 Å². The highest BCUT2D eigenvalue weighted by atomic mass is 35.5. The average Bonchev–Trinajstić information content (AvgIpc) is 2.42. The fraction of sp³-hybridized carbons (Fsp3) is 0.647. The van der Waals surface area contributed by atoms with E-state index in [4.69, 9.17) is 11.6 Å². The molecular formula is C17H26ClN. The van der Waals surface area contributed by atoms with E-state index in [9.17, 15) is 0 Å². The van der Waals surface area contributed by atoms with Crippen LogP contribution in [-0.4, -0.2) is 7.05 Å². The second kappa shape index (κ2) is 7.31. The predicted molar refractivity (Wildman–Crippen MR) is 83.6 cm³/mol. The van der Waals surface area contributed by atoms with Crippen molar-refractivity contribution >= 4 is 11.6 Å². The second-order valence-electron chi connectivity index (χ2n) is 5.89. The molecule has 2 heteroatoms. The predicted octanol–water partition coefficient (Wildman–Crippen LogP) is 5.21.